The summed E-state index contributed by atoms with van der Waals surface area (Å²) in [4.78, 5) is 14.0. The summed E-state index contributed by atoms with van der Waals surface area (Å²) in [5.74, 6) is 0.837. The number of rotatable bonds is 8. The van der Waals surface area contributed by atoms with Crippen molar-refractivity contribution in [2.45, 2.75) is 19.3 Å². The number of nitrogens with zero attached hydrogens (tertiary/aromatic N) is 1. The number of carbonyl (C=O) groups is 1. The van der Waals surface area contributed by atoms with Gasteiger partial charge in [0, 0.05) is 17.9 Å². The quantitative estimate of drug-likeness (QED) is 0.729. The predicted molar refractivity (Wildman–Crippen MR) is 98.3 cm³/mol. The SMILES string of the molecule is CN(C)CCSC(=O)c1ccc(CCCCN)cc1.Cl.Cl. The number of unbranched alkanes of at least 4 members (excludes halogenated alkanes) is 1. The molecule has 0 aliphatic heterocycles. The molecule has 3 nitrogen and oxygen atoms in total. The largest absolute Gasteiger partial charge is 0.330 e. The average molecular weight is 353 g/mol. The normalized spacial score (nSPS) is 9.90. The summed E-state index contributed by atoms with van der Waals surface area (Å²) in [6, 6.07) is 7.97. The first kappa shape index (κ1) is 23.0. The molecule has 0 fully saturated rings. The lowest BCUT2D eigenvalue weighted by molar-refractivity contribution is 0.108. The van der Waals surface area contributed by atoms with Gasteiger partial charge < -0.3 is 10.6 Å². The van der Waals surface area contributed by atoms with Crippen LogP contribution in [0.5, 0.6) is 0 Å². The standard InChI is InChI=1S/C15H24N2OS.2ClH/c1-17(2)11-12-19-15(18)14-8-6-13(7-9-14)5-3-4-10-16;;/h6-9H,3-5,10-12,16H2,1-2H3;2*1H. The molecule has 0 aliphatic carbocycles. The number of nitrogens with two attached hydrogens (primary N) is 1. The molecule has 2 N–H and O–H groups in total. The van der Waals surface area contributed by atoms with E-state index >= 15 is 0 Å². The highest BCUT2D eigenvalue weighted by atomic mass is 35.5. The lowest BCUT2D eigenvalue weighted by atomic mass is 10.1. The van der Waals surface area contributed by atoms with E-state index in [1.165, 1.54) is 17.3 Å². The average Bonchev–Trinajstić information content (AvgIpc) is 2.39. The van der Waals surface area contributed by atoms with Crippen LogP contribution < -0.4 is 5.73 Å². The van der Waals surface area contributed by atoms with E-state index in [-0.39, 0.29) is 29.9 Å². The van der Waals surface area contributed by atoms with Crippen molar-refractivity contribution in [3.05, 3.63) is 35.4 Å². The summed E-state index contributed by atoms with van der Waals surface area (Å²) in [6.07, 6.45) is 3.21. The first-order chi connectivity index (χ1) is 9.13. The second-order valence-corrected chi connectivity index (χ2v) is 5.95. The summed E-state index contributed by atoms with van der Waals surface area (Å²) in [7, 11) is 4.03. The molecule has 0 amide bonds. The van der Waals surface area contributed by atoms with Crippen molar-refractivity contribution < 1.29 is 4.79 Å². The van der Waals surface area contributed by atoms with Crippen molar-refractivity contribution >= 4 is 41.7 Å². The number of benzene rings is 1. The zero-order chi connectivity index (χ0) is 14.1. The van der Waals surface area contributed by atoms with Crippen LogP contribution in [0.1, 0.15) is 28.8 Å². The third kappa shape index (κ3) is 10.1. The fourth-order valence-electron chi connectivity index (χ4n) is 1.69. The first-order valence-corrected chi connectivity index (χ1v) is 7.73. The fourth-order valence-corrected chi connectivity index (χ4v) is 2.63. The molecule has 21 heavy (non-hydrogen) atoms. The van der Waals surface area contributed by atoms with Gasteiger partial charge >= 0.3 is 0 Å². The second-order valence-electron chi connectivity index (χ2n) is 4.88. The molecule has 0 unspecified atom stereocenters. The summed E-state index contributed by atoms with van der Waals surface area (Å²) in [5, 5.41) is 0.162. The van der Waals surface area contributed by atoms with Gasteiger partial charge in [-0.05, 0) is 45.5 Å². The number of hydrogen-bond acceptors (Lipinski definition) is 4. The van der Waals surface area contributed by atoms with Crippen LogP contribution in [0.15, 0.2) is 24.3 Å². The van der Waals surface area contributed by atoms with Gasteiger partial charge in [0.15, 0.2) is 0 Å². The highest BCUT2D eigenvalue weighted by Crippen LogP contribution is 2.14. The second kappa shape index (κ2) is 13.4. The van der Waals surface area contributed by atoms with Gasteiger partial charge in [-0.1, -0.05) is 36.0 Å². The number of hydrogen-bond donors (Lipinski definition) is 1. The third-order valence-corrected chi connectivity index (χ3v) is 3.77. The van der Waals surface area contributed by atoms with Crippen molar-refractivity contribution in [2.24, 2.45) is 5.73 Å². The van der Waals surface area contributed by atoms with Gasteiger partial charge in [-0.3, -0.25) is 4.79 Å². The number of halogens is 2. The lowest BCUT2D eigenvalue weighted by Crippen LogP contribution is -2.15. The Balaban J connectivity index is 0. The summed E-state index contributed by atoms with van der Waals surface area (Å²) in [6.45, 7) is 1.67. The lowest BCUT2D eigenvalue weighted by Gasteiger charge is -2.08. The Morgan fingerprint density at radius 2 is 1.76 bits per heavy atom. The summed E-state index contributed by atoms with van der Waals surface area (Å²) >= 11 is 1.39. The molecule has 0 aromatic heterocycles. The van der Waals surface area contributed by atoms with E-state index in [9.17, 15) is 4.79 Å². The van der Waals surface area contributed by atoms with Crippen molar-refractivity contribution in [3.63, 3.8) is 0 Å². The van der Waals surface area contributed by atoms with Crippen molar-refractivity contribution in [3.8, 4) is 0 Å². The van der Waals surface area contributed by atoms with E-state index in [0.717, 1.165) is 43.7 Å². The molecular formula is C15H26Cl2N2OS. The predicted octanol–water partition coefficient (Wildman–Crippen LogP) is 3.25. The number of thioether (sulfide) groups is 1. The molecule has 0 saturated carbocycles. The maximum absolute atomic E-state index is 11.9. The molecule has 0 spiro atoms. The Kier molecular flexibility index (Phi) is 14.7. The molecule has 0 bridgehead atoms. The van der Waals surface area contributed by atoms with E-state index in [4.69, 9.17) is 5.73 Å². The van der Waals surface area contributed by atoms with E-state index in [1.807, 2.05) is 26.2 Å². The number of carbonyl (C=O) groups excluding carboxylic acids is 1. The summed E-state index contributed by atoms with van der Waals surface area (Å²) in [5.41, 5.74) is 7.55. The van der Waals surface area contributed by atoms with Crippen molar-refractivity contribution in [2.75, 3.05) is 32.9 Å². The Bertz CT molecular complexity index is 386. The first-order valence-electron chi connectivity index (χ1n) is 6.74. The zero-order valence-corrected chi connectivity index (χ0v) is 15.2. The summed E-state index contributed by atoms with van der Waals surface area (Å²) < 4.78 is 0. The Labute approximate surface area is 144 Å². The maximum atomic E-state index is 11.9. The molecule has 1 aromatic carbocycles. The minimum atomic E-state index is 0. The topological polar surface area (TPSA) is 46.3 Å². The van der Waals surface area contributed by atoms with E-state index in [1.54, 1.807) is 0 Å². The molecule has 1 aromatic rings. The van der Waals surface area contributed by atoms with E-state index in [0.29, 0.717) is 0 Å². The van der Waals surface area contributed by atoms with Gasteiger partial charge in [0.1, 0.15) is 0 Å². The molecule has 122 valence electrons. The highest BCUT2D eigenvalue weighted by molar-refractivity contribution is 8.14. The molecule has 0 atom stereocenters. The molecule has 0 heterocycles. The Hall–Kier alpha value is -0.260. The minimum absolute atomic E-state index is 0. The zero-order valence-electron chi connectivity index (χ0n) is 12.7. The van der Waals surface area contributed by atoms with Gasteiger partial charge in [-0.2, -0.15) is 0 Å². The molecule has 0 aliphatic rings. The van der Waals surface area contributed by atoms with Gasteiger partial charge in [-0.25, -0.2) is 0 Å². The third-order valence-electron chi connectivity index (χ3n) is 2.88. The van der Waals surface area contributed by atoms with Crippen LogP contribution in [0.25, 0.3) is 0 Å². The van der Waals surface area contributed by atoms with Crippen LogP contribution in [0.2, 0.25) is 0 Å². The fraction of sp³-hybridized carbons (Fsp3) is 0.533. The van der Waals surface area contributed by atoms with Crippen LogP contribution in [0, 0.1) is 0 Å². The van der Waals surface area contributed by atoms with Crippen LogP contribution in [-0.2, 0) is 6.42 Å². The maximum Gasteiger partial charge on any atom is 0.219 e. The van der Waals surface area contributed by atoms with Crippen LogP contribution >= 0.6 is 36.6 Å². The Morgan fingerprint density at radius 1 is 1.14 bits per heavy atom. The van der Waals surface area contributed by atoms with Crippen LogP contribution in [0.3, 0.4) is 0 Å². The Morgan fingerprint density at radius 3 is 2.29 bits per heavy atom. The molecule has 0 saturated heterocycles. The monoisotopic (exact) mass is 352 g/mol. The molecular weight excluding hydrogens is 327 g/mol. The van der Waals surface area contributed by atoms with Crippen LogP contribution in [-0.4, -0.2) is 43.0 Å². The van der Waals surface area contributed by atoms with Gasteiger partial charge in [0.2, 0.25) is 5.12 Å². The smallest absolute Gasteiger partial charge is 0.219 e. The minimum Gasteiger partial charge on any atom is -0.330 e. The van der Waals surface area contributed by atoms with Crippen molar-refractivity contribution in [1.82, 2.24) is 4.90 Å². The van der Waals surface area contributed by atoms with E-state index in [2.05, 4.69) is 17.0 Å². The van der Waals surface area contributed by atoms with Gasteiger partial charge in [0.25, 0.3) is 0 Å². The van der Waals surface area contributed by atoms with Crippen molar-refractivity contribution in [1.29, 1.82) is 0 Å². The molecule has 6 heteroatoms. The molecule has 0 radical (unpaired) electrons. The van der Waals surface area contributed by atoms with E-state index < -0.39 is 0 Å². The van der Waals surface area contributed by atoms with Crippen LogP contribution in [0.4, 0.5) is 0 Å². The molecule has 1 rings (SSSR count). The highest BCUT2D eigenvalue weighted by Gasteiger charge is 2.06. The number of aryl methyl sites for hydroxylation is 1. The van der Waals surface area contributed by atoms with Gasteiger partial charge in [-0.15, -0.1) is 24.8 Å². The van der Waals surface area contributed by atoms with Gasteiger partial charge in [0.05, 0.1) is 0 Å².